The molecule has 14 nitrogen and oxygen atoms in total. The number of aliphatic hydroxyl groups is 4. The molecule has 4 aliphatic heterocycles. The Bertz CT molecular complexity index is 2470. The summed E-state index contributed by atoms with van der Waals surface area (Å²) in [4.78, 5) is 2.43. The number of aliphatic hydroxyl groups excluding tert-OH is 2. The molecule has 4 heterocycles. The van der Waals surface area contributed by atoms with E-state index in [1.54, 1.807) is 18.2 Å². The Kier molecular flexibility index (Phi) is 7.00. The van der Waals surface area contributed by atoms with Crippen LogP contribution in [-0.2, 0) is 40.9 Å². The molecule has 6 aliphatic carbocycles. The van der Waals surface area contributed by atoms with Crippen molar-refractivity contribution in [2.24, 2.45) is 22.7 Å². The predicted molar refractivity (Wildman–Crippen MR) is 197 cm³/mol. The van der Waals surface area contributed by atoms with Crippen molar-refractivity contribution in [3.8, 4) is 0 Å². The third-order valence-corrected chi connectivity index (χ3v) is 17.3. The van der Waals surface area contributed by atoms with Crippen molar-refractivity contribution in [2.45, 2.75) is 96.0 Å². The summed E-state index contributed by atoms with van der Waals surface area (Å²) in [5.41, 5.74) is -4.94. The molecule has 11 rings (SSSR count). The van der Waals surface area contributed by atoms with Crippen molar-refractivity contribution in [3.63, 3.8) is 0 Å². The van der Waals surface area contributed by atoms with E-state index in [2.05, 4.69) is 16.8 Å². The van der Waals surface area contributed by atoms with Crippen LogP contribution in [0.1, 0.15) is 49.7 Å². The lowest BCUT2D eigenvalue weighted by atomic mass is 9.50. The van der Waals surface area contributed by atoms with Crippen molar-refractivity contribution in [2.75, 3.05) is 27.2 Å². The van der Waals surface area contributed by atoms with Gasteiger partial charge in [-0.3, -0.25) is 9.11 Å². The first-order valence-corrected chi connectivity index (χ1v) is 22.2. The Morgan fingerprint density at radius 2 is 1.18 bits per heavy atom. The van der Waals surface area contributed by atoms with Gasteiger partial charge in [-0.2, -0.15) is 16.8 Å². The maximum Gasteiger partial charge on any atom is 0.295 e. The van der Waals surface area contributed by atoms with Gasteiger partial charge in [0.2, 0.25) is 0 Å². The van der Waals surface area contributed by atoms with Crippen LogP contribution in [0.3, 0.4) is 0 Å². The lowest BCUT2D eigenvalue weighted by Gasteiger charge is -2.58. The van der Waals surface area contributed by atoms with Crippen LogP contribution in [0.25, 0.3) is 0 Å². The number of hydrogen-bond donors (Lipinski definition) is 6. The zero-order valence-electron chi connectivity index (χ0n) is 30.7. The van der Waals surface area contributed by atoms with E-state index in [0.29, 0.717) is 49.9 Å². The molecule has 1 aromatic rings. The normalized spacial score (nSPS) is 44.5. The minimum absolute atomic E-state index is 0.00904. The Morgan fingerprint density at radius 1 is 0.696 bits per heavy atom. The lowest BCUT2D eigenvalue weighted by molar-refractivity contribution is -0.104. The summed E-state index contributed by atoms with van der Waals surface area (Å²) in [5, 5.41) is 49.0. The van der Waals surface area contributed by atoms with Crippen molar-refractivity contribution < 1.29 is 55.8 Å². The molecule has 0 amide bonds. The number of benzene rings is 1. The highest BCUT2D eigenvalue weighted by molar-refractivity contribution is 7.86. The van der Waals surface area contributed by atoms with Crippen LogP contribution in [0.4, 0.5) is 0 Å². The van der Waals surface area contributed by atoms with E-state index in [0.717, 1.165) is 23.3 Å². The van der Waals surface area contributed by atoms with E-state index in [4.69, 9.17) is 9.47 Å². The zero-order chi connectivity index (χ0) is 39.3. The van der Waals surface area contributed by atoms with Crippen molar-refractivity contribution >= 4 is 20.2 Å². The molecule has 4 bridgehead atoms. The minimum Gasteiger partial charge on any atom is -0.487 e. The first-order valence-electron chi connectivity index (χ1n) is 19.3. The zero-order valence-corrected chi connectivity index (χ0v) is 32.4. The van der Waals surface area contributed by atoms with Gasteiger partial charge >= 0.3 is 0 Å². The van der Waals surface area contributed by atoms with Crippen molar-refractivity contribution in [1.82, 2.24) is 9.80 Å². The van der Waals surface area contributed by atoms with Crippen LogP contribution in [0.2, 0.25) is 0 Å². The number of hydrogen-bond acceptors (Lipinski definition) is 12. The van der Waals surface area contributed by atoms with Crippen LogP contribution >= 0.6 is 0 Å². The molecule has 56 heavy (non-hydrogen) atoms. The van der Waals surface area contributed by atoms with E-state index in [1.807, 2.05) is 25.3 Å². The summed E-state index contributed by atoms with van der Waals surface area (Å²) in [7, 11) is -6.80. The monoisotopic (exact) mass is 808 g/mol. The predicted octanol–water partition coefficient (Wildman–Crippen LogP) is 1.80. The molecule has 6 N–H and O–H groups in total. The van der Waals surface area contributed by atoms with Gasteiger partial charge in [0.25, 0.3) is 20.2 Å². The third kappa shape index (κ3) is 4.08. The quantitative estimate of drug-likeness (QED) is 0.189. The van der Waals surface area contributed by atoms with Crippen LogP contribution in [0, 0.1) is 22.7 Å². The number of rotatable bonds is 4. The number of nitrogens with zero attached hydrogens (tertiary/aromatic N) is 2. The van der Waals surface area contributed by atoms with Crippen LogP contribution in [0.15, 0.2) is 92.2 Å². The maximum absolute atomic E-state index is 14.0. The Hall–Kier alpha value is -3.16. The fraction of sp³-hybridized carbons (Fsp3) is 0.550. The van der Waals surface area contributed by atoms with Gasteiger partial charge < -0.3 is 39.7 Å². The van der Waals surface area contributed by atoms with Gasteiger partial charge in [-0.1, -0.05) is 42.5 Å². The molecule has 2 saturated carbocycles. The second kappa shape index (κ2) is 10.9. The van der Waals surface area contributed by atoms with Gasteiger partial charge in [-0.15, -0.1) is 0 Å². The Balaban J connectivity index is 1.16. The van der Waals surface area contributed by atoms with Crippen molar-refractivity contribution in [1.29, 1.82) is 0 Å². The topological polar surface area (TPSA) is 215 Å². The largest absolute Gasteiger partial charge is 0.487 e. The van der Waals surface area contributed by atoms with Gasteiger partial charge in [-0.05, 0) is 70.1 Å². The molecule has 0 aromatic heterocycles. The third-order valence-electron chi connectivity index (χ3n) is 15.5. The van der Waals surface area contributed by atoms with Gasteiger partial charge in [0, 0.05) is 69.9 Å². The first kappa shape index (κ1) is 36.0. The molecular formula is C40H44N2O12S2. The van der Waals surface area contributed by atoms with E-state index < -0.39 is 94.0 Å². The smallest absolute Gasteiger partial charge is 0.295 e. The molecule has 12 atom stereocenters. The molecule has 298 valence electrons. The second-order valence-corrected chi connectivity index (χ2v) is 20.5. The number of ether oxygens (including phenoxy) is 2. The summed E-state index contributed by atoms with van der Waals surface area (Å²) < 4.78 is 89.9. The average Bonchev–Trinajstić information content (AvgIpc) is 3.69. The van der Waals surface area contributed by atoms with Crippen LogP contribution in [0.5, 0.6) is 0 Å². The van der Waals surface area contributed by atoms with Gasteiger partial charge in [0.1, 0.15) is 45.7 Å². The molecule has 2 spiro atoms. The molecule has 16 heteroatoms. The van der Waals surface area contributed by atoms with E-state index in [-0.39, 0.29) is 41.9 Å². The summed E-state index contributed by atoms with van der Waals surface area (Å²) in [6.07, 6.45) is 8.57. The summed E-state index contributed by atoms with van der Waals surface area (Å²) in [6, 6.07) is 2.09. The SMILES string of the molecule is CN1CC[C@]23C4=C5O[C@H]2[C@@H](O)C=C[C@H]3[C@H]1CC4=CCC5(O)c1ccc(S(=O)(=O)O)c(C2(O)CC=C3C[C@@H]4[C@@H]5C=C[C@H](O)[C@@H]6OC2=C3[C@]56CCN4C)c1S(=O)(=O)O. The first-order chi connectivity index (χ1) is 26.4. The standard InChI is InChI=1S/C40H44N2O12S2/c1-41-15-13-37-21-3-6-26(43)33(37)53-35-29(37)19(17-24(21)41)9-11-39(35,45)23-5-8-28(55(47,48)49)31(32(23)56(50,51)52)40(46)12-10-20-18-25-22-4-7-27(44)34-38(22,14-16-42(25)2)30(20)36(40)54-34/h3-10,21-22,24-27,33-34,43-46H,11-18H2,1-2H3,(H,47,48,49)(H,50,51,52)/t21-,22-,24+,25+,26-,27-,33-,34-,37-,38-,39?,40?/m0/s1. The Morgan fingerprint density at radius 3 is 1.66 bits per heavy atom. The van der Waals surface area contributed by atoms with Crippen LogP contribution in [-0.4, -0.2) is 120 Å². The fourth-order valence-electron chi connectivity index (χ4n) is 13.2. The molecule has 1 aromatic carbocycles. The minimum atomic E-state index is -5.55. The molecule has 10 aliphatic rings. The highest BCUT2D eigenvalue weighted by atomic mass is 32.2. The fourth-order valence-corrected chi connectivity index (χ4v) is 15.1. The second-order valence-electron chi connectivity index (χ2n) is 17.7. The summed E-state index contributed by atoms with van der Waals surface area (Å²) >= 11 is 0. The summed E-state index contributed by atoms with van der Waals surface area (Å²) in [5.74, 6) is -0.387. The van der Waals surface area contributed by atoms with E-state index in [1.165, 1.54) is 0 Å². The number of likely N-dealkylation sites (tertiary alicyclic amines) is 2. The van der Waals surface area contributed by atoms with Gasteiger partial charge in [0.05, 0.1) is 0 Å². The van der Waals surface area contributed by atoms with E-state index in [9.17, 15) is 46.4 Å². The average molecular weight is 809 g/mol. The Labute approximate surface area is 324 Å². The highest BCUT2D eigenvalue weighted by Crippen LogP contribution is 2.69. The maximum atomic E-state index is 14.0. The van der Waals surface area contributed by atoms with Gasteiger partial charge in [0.15, 0.2) is 11.2 Å². The van der Waals surface area contributed by atoms with Crippen LogP contribution < -0.4 is 0 Å². The molecule has 2 unspecified atom stereocenters. The van der Waals surface area contributed by atoms with E-state index >= 15 is 0 Å². The molecule has 2 saturated heterocycles. The lowest BCUT2D eigenvalue weighted by Crippen LogP contribution is -2.62. The molecule has 0 radical (unpaired) electrons. The molecule has 4 fully saturated rings. The molecular weight excluding hydrogens is 765 g/mol. The van der Waals surface area contributed by atoms with Crippen molar-refractivity contribution in [3.05, 3.63) is 93.5 Å². The van der Waals surface area contributed by atoms with Gasteiger partial charge in [-0.25, -0.2) is 0 Å². The number of piperidine rings is 2. The highest BCUT2D eigenvalue weighted by Gasteiger charge is 2.70. The summed E-state index contributed by atoms with van der Waals surface area (Å²) in [6.45, 7) is 1.31.